The largest absolute Gasteiger partial charge is 0.444 e. The summed E-state index contributed by atoms with van der Waals surface area (Å²) >= 11 is 0. The molecule has 7 nitrogen and oxygen atoms in total. The zero-order valence-corrected chi connectivity index (χ0v) is 24.4. The van der Waals surface area contributed by atoms with Crippen molar-refractivity contribution in [2.75, 3.05) is 13.1 Å². The van der Waals surface area contributed by atoms with Gasteiger partial charge in [-0.05, 0) is 62.3 Å². The number of carbonyl (C=O) groups excluding carboxylic acids is 1. The molecule has 2 heterocycles. The van der Waals surface area contributed by atoms with E-state index in [0.29, 0.717) is 28.3 Å². The van der Waals surface area contributed by atoms with Gasteiger partial charge in [-0.3, -0.25) is 0 Å². The molecule has 1 aliphatic heterocycles. The highest BCUT2D eigenvalue weighted by atomic mass is 16.6. The number of hydrogen-bond acceptors (Lipinski definition) is 6. The van der Waals surface area contributed by atoms with Gasteiger partial charge in [0.25, 0.3) is 0 Å². The van der Waals surface area contributed by atoms with Gasteiger partial charge in [0.15, 0.2) is 0 Å². The first-order chi connectivity index (χ1) is 18.6. The van der Waals surface area contributed by atoms with Crippen LogP contribution in [0.4, 0.5) is 4.79 Å². The van der Waals surface area contributed by atoms with Gasteiger partial charge in [0.05, 0.1) is 6.20 Å². The minimum Gasteiger partial charge on any atom is -0.444 e. The maximum atomic E-state index is 12.8. The number of amides is 1. The molecule has 1 aliphatic rings. The summed E-state index contributed by atoms with van der Waals surface area (Å²) in [6.07, 6.45) is 1.13. The molecule has 0 saturated carbocycles. The predicted molar refractivity (Wildman–Crippen MR) is 154 cm³/mol. The van der Waals surface area contributed by atoms with E-state index < -0.39 is 28.3 Å². The van der Waals surface area contributed by atoms with Crippen molar-refractivity contribution in [2.24, 2.45) is 5.41 Å². The molecule has 1 saturated heterocycles. The number of nitrogens with zero attached hydrogens (tertiary/aromatic N) is 3. The summed E-state index contributed by atoms with van der Waals surface area (Å²) in [7, 11) is 0. The minimum absolute atomic E-state index is 0.288. The van der Waals surface area contributed by atoms with Crippen LogP contribution in [0.2, 0.25) is 0 Å². The maximum Gasteiger partial charge on any atom is 0.410 e. The van der Waals surface area contributed by atoms with Crippen LogP contribution in [-0.2, 0) is 15.9 Å². The van der Waals surface area contributed by atoms with E-state index in [0.717, 1.165) is 5.56 Å². The zero-order valence-electron chi connectivity index (χ0n) is 24.4. The predicted octanol–water partition coefficient (Wildman–Crippen LogP) is 5.35. The summed E-state index contributed by atoms with van der Waals surface area (Å²) in [5.41, 5.74) is -0.924. The van der Waals surface area contributed by atoms with E-state index in [1.807, 2.05) is 82.3 Å². The van der Waals surface area contributed by atoms with Gasteiger partial charge >= 0.3 is 6.09 Å². The van der Waals surface area contributed by atoms with Gasteiger partial charge in [0.1, 0.15) is 22.5 Å². The summed E-state index contributed by atoms with van der Waals surface area (Å²) in [5.74, 6) is 6.17. The molecule has 0 radical (unpaired) electrons. The Hall–Kier alpha value is -3.73. The third-order valence-electron chi connectivity index (χ3n) is 7.44. The first kappa shape index (κ1) is 29.3. The second-order valence-corrected chi connectivity index (χ2v) is 12.4. The van der Waals surface area contributed by atoms with Crippen molar-refractivity contribution in [3.8, 4) is 11.8 Å². The molecule has 1 fully saturated rings. The quantitative estimate of drug-likeness (QED) is 0.423. The Balaban J connectivity index is 1.72. The molecule has 1 aromatic heterocycles. The lowest BCUT2D eigenvalue weighted by Crippen LogP contribution is -2.66. The summed E-state index contributed by atoms with van der Waals surface area (Å²) in [6.45, 7) is 13.9. The standard InChI is InChI=1S/C33H39N3O4/c1-23(2)24-13-15-26(16-14-24)33(39,31(6)21-36(22-31)29(37)40-30(3,4)5)27-19-28(35-34-20-27)17-18-32(7,38)25-11-9-8-10-12-25/h8-16,19-20,23,38-39H,21-22H2,1-7H3/t32-,33-/m0/s1. The molecular weight excluding hydrogens is 502 g/mol. The second kappa shape index (κ2) is 10.7. The number of benzene rings is 2. The average molecular weight is 542 g/mol. The molecule has 0 spiro atoms. The number of hydrogen-bond donors (Lipinski definition) is 2. The van der Waals surface area contributed by atoms with Crippen LogP contribution in [0.15, 0.2) is 66.9 Å². The summed E-state index contributed by atoms with van der Waals surface area (Å²) in [4.78, 5) is 14.4. The lowest BCUT2D eigenvalue weighted by molar-refractivity contribution is -0.131. The van der Waals surface area contributed by atoms with Crippen LogP contribution in [0.1, 0.15) is 82.3 Å². The van der Waals surface area contributed by atoms with Crippen molar-refractivity contribution >= 4 is 6.09 Å². The average Bonchev–Trinajstić information content (AvgIpc) is 2.89. The second-order valence-electron chi connectivity index (χ2n) is 12.4. The Kier molecular flexibility index (Phi) is 7.81. The molecule has 4 rings (SSSR count). The Morgan fingerprint density at radius 1 is 0.975 bits per heavy atom. The van der Waals surface area contributed by atoms with Crippen LogP contribution in [-0.4, -0.2) is 50.1 Å². The zero-order chi connectivity index (χ0) is 29.3. The van der Waals surface area contributed by atoms with Crippen LogP contribution in [0.3, 0.4) is 0 Å². The Morgan fingerprint density at radius 2 is 1.60 bits per heavy atom. The van der Waals surface area contributed by atoms with Gasteiger partial charge in [-0.1, -0.05) is 81.3 Å². The molecule has 0 bridgehead atoms. The smallest absolute Gasteiger partial charge is 0.410 e. The molecule has 210 valence electrons. The number of aromatic nitrogens is 2. The fourth-order valence-electron chi connectivity index (χ4n) is 5.10. The summed E-state index contributed by atoms with van der Waals surface area (Å²) in [5, 5.41) is 31.9. The van der Waals surface area contributed by atoms with Crippen LogP contribution < -0.4 is 0 Å². The third kappa shape index (κ3) is 5.89. The van der Waals surface area contributed by atoms with Crippen LogP contribution in [0.5, 0.6) is 0 Å². The van der Waals surface area contributed by atoms with E-state index >= 15 is 0 Å². The molecule has 1 amide bonds. The van der Waals surface area contributed by atoms with E-state index in [1.54, 1.807) is 17.9 Å². The van der Waals surface area contributed by atoms with Gasteiger partial charge in [-0.2, -0.15) is 5.10 Å². The van der Waals surface area contributed by atoms with Crippen molar-refractivity contribution in [2.45, 2.75) is 71.2 Å². The fraction of sp³-hybridized carbons (Fsp3) is 0.424. The number of likely N-dealkylation sites (tertiary alicyclic amines) is 1. The normalized spacial score (nSPS) is 17.6. The Labute approximate surface area is 237 Å². The highest BCUT2D eigenvalue weighted by molar-refractivity contribution is 5.70. The highest BCUT2D eigenvalue weighted by Gasteiger charge is 2.58. The molecular formula is C33H39N3O4. The number of rotatable bonds is 5. The van der Waals surface area contributed by atoms with Crippen LogP contribution in [0, 0.1) is 17.3 Å². The molecule has 0 aliphatic carbocycles. The summed E-state index contributed by atoms with van der Waals surface area (Å²) in [6, 6.07) is 18.8. The molecule has 2 N–H and O–H groups in total. The number of ether oxygens (including phenoxy) is 1. The minimum atomic E-state index is -1.50. The van der Waals surface area contributed by atoms with Gasteiger partial charge < -0.3 is 19.8 Å². The molecule has 40 heavy (non-hydrogen) atoms. The lowest BCUT2D eigenvalue weighted by Gasteiger charge is -2.56. The molecule has 2 aromatic carbocycles. The molecule has 2 atom stereocenters. The number of aliphatic hydroxyl groups is 2. The first-order valence-corrected chi connectivity index (χ1v) is 13.6. The van der Waals surface area contributed by atoms with Crippen LogP contribution >= 0.6 is 0 Å². The van der Waals surface area contributed by atoms with Crippen molar-refractivity contribution in [3.63, 3.8) is 0 Å². The van der Waals surface area contributed by atoms with Gasteiger partial charge in [0.2, 0.25) is 0 Å². The van der Waals surface area contributed by atoms with E-state index in [1.165, 1.54) is 6.20 Å². The van der Waals surface area contributed by atoms with Gasteiger partial charge in [0, 0.05) is 24.1 Å². The molecule has 3 aromatic rings. The SMILES string of the molecule is CC(C)c1ccc([C@](O)(c2cnnc(C#C[C@](C)(O)c3ccccc3)c2)C2(C)CN(C(=O)OC(C)(C)C)C2)cc1. The van der Waals surface area contributed by atoms with E-state index in [9.17, 15) is 15.0 Å². The number of carbonyl (C=O) groups is 1. The topological polar surface area (TPSA) is 95.8 Å². The van der Waals surface area contributed by atoms with E-state index in [2.05, 4.69) is 35.9 Å². The first-order valence-electron chi connectivity index (χ1n) is 13.6. The van der Waals surface area contributed by atoms with Gasteiger partial charge in [-0.25, -0.2) is 4.79 Å². The molecule has 7 heteroatoms. The van der Waals surface area contributed by atoms with Crippen molar-refractivity contribution in [1.29, 1.82) is 0 Å². The van der Waals surface area contributed by atoms with Crippen LogP contribution in [0.25, 0.3) is 0 Å². The monoisotopic (exact) mass is 541 g/mol. The van der Waals surface area contributed by atoms with Crippen molar-refractivity contribution in [3.05, 3.63) is 94.8 Å². The van der Waals surface area contributed by atoms with Crippen molar-refractivity contribution in [1.82, 2.24) is 15.1 Å². The summed E-state index contributed by atoms with van der Waals surface area (Å²) < 4.78 is 5.56. The van der Waals surface area contributed by atoms with E-state index in [4.69, 9.17) is 4.74 Å². The maximum absolute atomic E-state index is 12.8. The Morgan fingerprint density at radius 3 is 2.17 bits per heavy atom. The molecule has 0 unspecified atom stereocenters. The fourth-order valence-corrected chi connectivity index (χ4v) is 5.10. The van der Waals surface area contributed by atoms with E-state index in [-0.39, 0.29) is 13.1 Å². The van der Waals surface area contributed by atoms with Crippen molar-refractivity contribution < 1.29 is 19.7 Å². The lowest BCUT2D eigenvalue weighted by atomic mass is 9.62. The Bertz CT molecular complexity index is 1410. The van der Waals surface area contributed by atoms with Gasteiger partial charge in [-0.15, -0.1) is 5.10 Å². The third-order valence-corrected chi connectivity index (χ3v) is 7.44. The highest BCUT2D eigenvalue weighted by Crippen LogP contribution is 2.50.